The molecular weight excluding hydrogens is 305 g/mol. The molecule has 0 unspecified atom stereocenters. The van der Waals surface area contributed by atoms with Gasteiger partial charge in [0.15, 0.2) is 0 Å². The van der Waals surface area contributed by atoms with E-state index in [-0.39, 0.29) is 5.56 Å². The highest BCUT2D eigenvalue weighted by molar-refractivity contribution is 9.10. The third kappa shape index (κ3) is 2.45. The van der Waals surface area contributed by atoms with Crippen molar-refractivity contribution in [1.29, 1.82) is 0 Å². The van der Waals surface area contributed by atoms with E-state index < -0.39 is 0 Å². The zero-order chi connectivity index (χ0) is 12.6. The topological polar surface area (TPSA) is 39.8 Å². The third-order valence-electron chi connectivity index (χ3n) is 2.53. The Morgan fingerprint density at radius 2 is 2.18 bits per heavy atom. The fourth-order valence-corrected chi connectivity index (χ4v) is 2.24. The lowest BCUT2D eigenvalue weighted by molar-refractivity contribution is 0.650. The Kier molecular flexibility index (Phi) is 3.40. The molecule has 2 aromatic heterocycles. The Morgan fingerprint density at radius 3 is 2.76 bits per heavy atom. The van der Waals surface area contributed by atoms with Gasteiger partial charge in [0.2, 0.25) is 0 Å². The molecule has 0 saturated heterocycles. The van der Waals surface area contributed by atoms with Gasteiger partial charge in [-0.3, -0.25) is 9.48 Å². The number of nitrogens with zero attached hydrogens (tertiary/aromatic N) is 3. The standard InChI is InChI=1S/C11H11BrClN3O/c1-7-11(13)9(15(2)14-7)6-16-5-8(12)3-4-10(16)17/h3-5H,6H2,1-2H3. The van der Waals surface area contributed by atoms with Crippen molar-refractivity contribution in [3.63, 3.8) is 0 Å². The van der Waals surface area contributed by atoms with Crippen molar-refractivity contribution < 1.29 is 0 Å². The predicted molar refractivity (Wildman–Crippen MR) is 70.5 cm³/mol. The minimum Gasteiger partial charge on any atom is -0.308 e. The number of halogens is 2. The van der Waals surface area contributed by atoms with Crippen molar-refractivity contribution in [2.24, 2.45) is 7.05 Å². The molecule has 0 radical (unpaired) electrons. The van der Waals surface area contributed by atoms with Crippen LogP contribution in [0.5, 0.6) is 0 Å². The number of aryl methyl sites for hydroxylation is 2. The Bertz CT molecular complexity index is 618. The summed E-state index contributed by atoms with van der Waals surface area (Å²) >= 11 is 9.48. The van der Waals surface area contributed by atoms with Crippen molar-refractivity contribution in [1.82, 2.24) is 14.3 Å². The fourth-order valence-electron chi connectivity index (χ4n) is 1.64. The lowest BCUT2D eigenvalue weighted by Crippen LogP contribution is -2.20. The van der Waals surface area contributed by atoms with E-state index in [2.05, 4.69) is 21.0 Å². The summed E-state index contributed by atoms with van der Waals surface area (Å²) in [6.45, 7) is 2.25. The highest BCUT2D eigenvalue weighted by Gasteiger charge is 2.11. The van der Waals surface area contributed by atoms with Gasteiger partial charge in [0.25, 0.3) is 5.56 Å². The van der Waals surface area contributed by atoms with Crippen LogP contribution in [0.4, 0.5) is 0 Å². The molecule has 0 aliphatic carbocycles. The van der Waals surface area contributed by atoms with E-state index in [4.69, 9.17) is 11.6 Å². The highest BCUT2D eigenvalue weighted by atomic mass is 79.9. The van der Waals surface area contributed by atoms with Crippen LogP contribution in [0, 0.1) is 6.92 Å². The molecule has 0 aliphatic heterocycles. The minimum absolute atomic E-state index is 0.0666. The monoisotopic (exact) mass is 315 g/mol. The fraction of sp³-hybridized carbons (Fsp3) is 0.273. The van der Waals surface area contributed by atoms with Crippen molar-refractivity contribution in [2.75, 3.05) is 0 Å². The maximum atomic E-state index is 11.7. The zero-order valence-electron chi connectivity index (χ0n) is 9.44. The summed E-state index contributed by atoms with van der Waals surface area (Å²) in [7, 11) is 1.82. The first-order valence-electron chi connectivity index (χ1n) is 5.03. The molecule has 2 heterocycles. The second-order valence-corrected chi connectivity index (χ2v) is 5.08. The molecule has 17 heavy (non-hydrogen) atoms. The minimum atomic E-state index is -0.0666. The van der Waals surface area contributed by atoms with E-state index in [1.54, 1.807) is 21.5 Å². The van der Waals surface area contributed by atoms with Crippen LogP contribution in [0.2, 0.25) is 5.02 Å². The van der Waals surface area contributed by atoms with Crippen LogP contribution in [0.25, 0.3) is 0 Å². The molecule has 0 amide bonds. The van der Waals surface area contributed by atoms with Crippen LogP contribution < -0.4 is 5.56 Å². The van der Waals surface area contributed by atoms with Crippen LogP contribution >= 0.6 is 27.5 Å². The molecule has 0 aromatic carbocycles. The largest absolute Gasteiger partial charge is 0.308 e. The summed E-state index contributed by atoms with van der Waals surface area (Å²) in [4.78, 5) is 11.7. The molecule has 0 spiro atoms. The van der Waals surface area contributed by atoms with Gasteiger partial charge in [-0.25, -0.2) is 0 Å². The van der Waals surface area contributed by atoms with Crippen molar-refractivity contribution in [3.05, 3.63) is 49.6 Å². The van der Waals surface area contributed by atoms with Gasteiger partial charge in [0.1, 0.15) is 0 Å². The predicted octanol–water partition coefficient (Wildman–Crippen LogP) is 2.35. The number of pyridine rings is 1. The van der Waals surface area contributed by atoms with Crippen LogP contribution in [0.15, 0.2) is 27.6 Å². The molecule has 0 fully saturated rings. The number of rotatable bonds is 2. The summed E-state index contributed by atoms with van der Waals surface area (Å²) in [5.74, 6) is 0. The first-order valence-corrected chi connectivity index (χ1v) is 6.20. The summed E-state index contributed by atoms with van der Waals surface area (Å²) < 4.78 is 4.14. The molecule has 0 saturated carbocycles. The van der Waals surface area contributed by atoms with Gasteiger partial charge in [0.05, 0.1) is 23.0 Å². The molecule has 90 valence electrons. The van der Waals surface area contributed by atoms with Crippen LogP contribution in [-0.4, -0.2) is 14.3 Å². The molecule has 0 N–H and O–H groups in total. The molecule has 2 aromatic rings. The quantitative estimate of drug-likeness (QED) is 0.853. The Balaban J connectivity index is 2.44. The molecule has 0 bridgehead atoms. The van der Waals surface area contributed by atoms with Gasteiger partial charge in [-0.1, -0.05) is 11.6 Å². The lowest BCUT2D eigenvalue weighted by Gasteiger charge is -2.06. The van der Waals surface area contributed by atoms with Crippen LogP contribution in [0.3, 0.4) is 0 Å². The van der Waals surface area contributed by atoms with Crippen molar-refractivity contribution >= 4 is 27.5 Å². The van der Waals surface area contributed by atoms with E-state index in [0.717, 1.165) is 15.9 Å². The maximum Gasteiger partial charge on any atom is 0.250 e. The maximum absolute atomic E-state index is 11.7. The Morgan fingerprint density at radius 1 is 1.47 bits per heavy atom. The number of hydrogen-bond donors (Lipinski definition) is 0. The smallest absolute Gasteiger partial charge is 0.250 e. The first-order chi connectivity index (χ1) is 7.99. The summed E-state index contributed by atoms with van der Waals surface area (Å²) in [5.41, 5.74) is 1.53. The van der Waals surface area contributed by atoms with Gasteiger partial charge in [-0.15, -0.1) is 0 Å². The Hall–Kier alpha value is -1.07. The van der Waals surface area contributed by atoms with Gasteiger partial charge in [-0.2, -0.15) is 5.10 Å². The summed E-state index contributed by atoms with van der Waals surface area (Å²) in [6.07, 6.45) is 1.74. The van der Waals surface area contributed by atoms with E-state index in [0.29, 0.717) is 11.6 Å². The highest BCUT2D eigenvalue weighted by Crippen LogP contribution is 2.20. The van der Waals surface area contributed by atoms with Crippen LogP contribution in [0.1, 0.15) is 11.4 Å². The van der Waals surface area contributed by atoms with Gasteiger partial charge >= 0.3 is 0 Å². The van der Waals surface area contributed by atoms with Gasteiger partial charge in [0, 0.05) is 23.8 Å². The molecule has 0 atom stereocenters. The van der Waals surface area contributed by atoms with E-state index in [9.17, 15) is 4.79 Å². The van der Waals surface area contributed by atoms with Gasteiger partial charge in [-0.05, 0) is 28.9 Å². The van der Waals surface area contributed by atoms with Crippen molar-refractivity contribution in [2.45, 2.75) is 13.5 Å². The molecule has 0 aliphatic rings. The molecular formula is C11H11BrClN3O. The normalized spacial score (nSPS) is 10.8. The zero-order valence-corrected chi connectivity index (χ0v) is 11.8. The second-order valence-electron chi connectivity index (χ2n) is 3.78. The molecule has 4 nitrogen and oxygen atoms in total. The van der Waals surface area contributed by atoms with Crippen LogP contribution in [-0.2, 0) is 13.6 Å². The average Bonchev–Trinajstić information content (AvgIpc) is 2.50. The number of hydrogen-bond acceptors (Lipinski definition) is 2. The van der Waals surface area contributed by atoms with Gasteiger partial charge < -0.3 is 4.57 Å². The lowest BCUT2D eigenvalue weighted by atomic mass is 10.3. The summed E-state index contributed by atoms with van der Waals surface area (Å²) in [5, 5.41) is 4.83. The number of aromatic nitrogens is 3. The van der Waals surface area contributed by atoms with E-state index in [1.165, 1.54) is 6.07 Å². The second kappa shape index (κ2) is 4.66. The van der Waals surface area contributed by atoms with E-state index >= 15 is 0 Å². The summed E-state index contributed by atoms with van der Waals surface area (Å²) in [6, 6.07) is 3.23. The third-order valence-corrected chi connectivity index (χ3v) is 3.49. The Labute approximate surface area is 112 Å². The molecule has 2 rings (SSSR count). The van der Waals surface area contributed by atoms with Crippen molar-refractivity contribution in [3.8, 4) is 0 Å². The van der Waals surface area contributed by atoms with E-state index in [1.807, 2.05) is 14.0 Å². The molecule has 6 heteroatoms. The SMILES string of the molecule is Cc1nn(C)c(Cn2cc(Br)ccc2=O)c1Cl. The average molecular weight is 317 g/mol. The first kappa shape index (κ1) is 12.4.